The van der Waals surface area contributed by atoms with E-state index in [0.717, 1.165) is 18.4 Å². The molecule has 1 aromatic rings. The highest BCUT2D eigenvalue weighted by atomic mass is 19.1. The summed E-state index contributed by atoms with van der Waals surface area (Å²) < 4.78 is 18.6. The molecule has 1 fully saturated rings. The number of methoxy groups -OCH3 is 1. The molecule has 0 spiro atoms. The van der Waals surface area contributed by atoms with E-state index in [4.69, 9.17) is 4.74 Å². The summed E-state index contributed by atoms with van der Waals surface area (Å²) in [6, 6.07) is 1.74. The van der Waals surface area contributed by atoms with Crippen molar-refractivity contribution in [2.24, 2.45) is 0 Å². The van der Waals surface area contributed by atoms with Crippen molar-refractivity contribution in [2.75, 3.05) is 7.11 Å². The lowest BCUT2D eigenvalue weighted by atomic mass is 9.84. The fourth-order valence-corrected chi connectivity index (χ4v) is 2.27. The average molecular weight is 209 g/mol. The molecule has 0 saturated heterocycles. The Bertz CT molecular complexity index is 334. The summed E-state index contributed by atoms with van der Waals surface area (Å²) in [5.41, 5.74) is 0.779. The molecule has 2 nitrogen and oxygen atoms in total. The maximum absolute atomic E-state index is 13.6. The first-order chi connectivity index (χ1) is 7.31. The average Bonchev–Trinajstić information content (AvgIpc) is 2.31. The van der Waals surface area contributed by atoms with E-state index in [1.54, 1.807) is 13.2 Å². The molecule has 1 heterocycles. The van der Waals surface area contributed by atoms with Gasteiger partial charge in [0.05, 0.1) is 13.3 Å². The molecule has 0 unspecified atom stereocenters. The Kier molecular flexibility index (Phi) is 3.19. The van der Waals surface area contributed by atoms with Crippen molar-refractivity contribution in [3.05, 3.63) is 23.6 Å². The highest BCUT2D eigenvalue weighted by Crippen LogP contribution is 2.34. The van der Waals surface area contributed by atoms with Gasteiger partial charge in [-0.2, -0.15) is 0 Å². The van der Waals surface area contributed by atoms with E-state index >= 15 is 0 Å². The molecule has 0 N–H and O–H groups in total. The molecule has 1 aliphatic carbocycles. The number of halogens is 1. The number of aromatic nitrogens is 1. The van der Waals surface area contributed by atoms with Gasteiger partial charge >= 0.3 is 0 Å². The van der Waals surface area contributed by atoms with E-state index in [2.05, 4.69) is 4.98 Å². The third-order valence-corrected chi connectivity index (χ3v) is 3.11. The molecule has 3 heteroatoms. The van der Waals surface area contributed by atoms with E-state index in [9.17, 15) is 4.39 Å². The molecule has 1 aliphatic rings. The molecule has 0 atom stereocenters. The van der Waals surface area contributed by atoms with Gasteiger partial charge < -0.3 is 4.74 Å². The number of rotatable bonds is 2. The van der Waals surface area contributed by atoms with Gasteiger partial charge in [-0.25, -0.2) is 9.37 Å². The number of pyridine rings is 1. The van der Waals surface area contributed by atoms with Crippen molar-refractivity contribution < 1.29 is 9.13 Å². The van der Waals surface area contributed by atoms with Crippen LogP contribution in [0.25, 0.3) is 0 Å². The molecule has 82 valence electrons. The van der Waals surface area contributed by atoms with Crippen LogP contribution in [-0.4, -0.2) is 12.1 Å². The van der Waals surface area contributed by atoms with Gasteiger partial charge in [0.1, 0.15) is 5.82 Å². The molecule has 0 amide bonds. The fourth-order valence-electron chi connectivity index (χ4n) is 2.27. The summed E-state index contributed by atoms with van der Waals surface area (Å²) in [6.45, 7) is 0. The quantitative estimate of drug-likeness (QED) is 0.745. The molecule has 1 saturated carbocycles. The Balaban J connectivity index is 2.24. The topological polar surface area (TPSA) is 22.1 Å². The predicted molar refractivity (Wildman–Crippen MR) is 56.6 cm³/mol. The first-order valence-corrected chi connectivity index (χ1v) is 5.50. The van der Waals surface area contributed by atoms with Crippen LogP contribution in [0, 0.1) is 5.82 Å². The van der Waals surface area contributed by atoms with Gasteiger partial charge in [-0.15, -0.1) is 0 Å². The minimum atomic E-state index is -0.192. The van der Waals surface area contributed by atoms with Crippen LogP contribution in [0.2, 0.25) is 0 Å². The second kappa shape index (κ2) is 4.60. The summed E-state index contributed by atoms with van der Waals surface area (Å²) in [5.74, 6) is 0.676. The van der Waals surface area contributed by atoms with Gasteiger partial charge in [0.2, 0.25) is 5.88 Å². The first-order valence-electron chi connectivity index (χ1n) is 5.50. The van der Waals surface area contributed by atoms with Crippen LogP contribution in [0.1, 0.15) is 43.6 Å². The molecular formula is C12H16FNO. The Morgan fingerprint density at radius 2 is 2.07 bits per heavy atom. The van der Waals surface area contributed by atoms with Crippen LogP contribution in [0.3, 0.4) is 0 Å². The van der Waals surface area contributed by atoms with Gasteiger partial charge in [0.15, 0.2) is 0 Å². The van der Waals surface area contributed by atoms with Gasteiger partial charge in [-0.1, -0.05) is 19.3 Å². The van der Waals surface area contributed by atoms with Crippen molar-refractivity contribution in [1.29, 1.82) is 0 Å². The second-order valence-corrected chi connectivity index (χ2v) is 4.08. The van der Waals surface area contributed by atoms with E-state index < -0.39 is 0 Å². The van der Waals surface area contributed by atoms with Crippen LogP contribution < -0.4 is 4.74 Å². The van der Waals surface area contributed by atoms with E-state index in [0.29, 0.717) is 11.8 Å². The van der Waals surface area contributed by atoms with Crippen LogP contribution in [0.4, 0.5) is 4.39 Å². The third-order valence-electron chi connectivity index (χ3n) is 3.11. The van der Waals surface area contributed by atoms with E-state index in [-0.39, 0.29) is 5.82 Å². The molecule has 1 aromatic heterocycles. The monoisotopic (exact) mass is 209 g/mol. The number of nitrogens with zero attached hydrogens (tertiary/aromatic N) is 1. The molecule has 0 radical (unpaired) electrons. The molecule has 0 bridgehead atoms. The molecule has 0 aliphatic heterocycles. The van der Waals surface area contributed by atoms with Crippen LogP contribution in [0.15, 0.2) is 12.3 Å². The number of ether oxygens (including phenoxy) is 1. The summed E-state index contributed by atoms with van der Waals surface area (Å²) in [5, 5.41) is 0. The molecule has 2 rings (SSSR count). The molecular weight excluding hydrogens is 193 g/mol. The minimum Gasteiger partial charge on any atom is -0.481 e. The Labute approximate surface area is 89.5 Å². The zero-order valence-electron chi connectivity index (χ0n) is 9.00. The van der Waals surface area contributed by atoms with Crippen molar-refractivity contribution in [2.45, 2.75) is 38.0 Å². The lowest BCUT2D eigenvalue weighted by Crippen LogP contribution is -2.07. The zero-order chi connectivity index (χ0) is 10.7. The fraction of sp³-hybridized carbons (Fsp3) is 0.583. The Hall–Kier alpha value is -1.12. The summed E-state index contributed by atoms with van der Waals surface area (Å²) in [7, 11) is 1.56. The minimum absolute atomic E-state index is 0.192. The second-order valence-electron chi connectivity index (χ2n) is 4.08. The van der Waals surface area contributed by atoms with Crippen molar-refractivity contribution >= 4 is 0 Å². The summed E-state index contributed by atoms with van der Waals surface area (Å²) >= 11 is 0. The van der Waals surface area contributed by atoms with Crippen molar-refractivity contribution in [3.8, 4) is 5.88 Å². The van der Waals surface area contributed by atoms with E-state index in [1.807, 2.05) is 0 Å². The third kappa shape index (κ3) is 2.28. The maximum Gasteiger partial charge on any atom is 0.213 e. The van der Waals surface area contributed by atoms with Crippen molar-refractivity contribution in [1.82, 2.24) is 4.98 Å². The highest BCUT2D eigenvalue weighted by Gasteiger charge is 2.19. The van der Waals surface area contributed by atoms with Crippen molar-refractivity contribution in [3.63, 3.8) is 0 Å². The van der Waals surface area contributed by atoms with Gasteiger partial charge in [0, 0.05) is 6.07 Å². The smallest absolute Gasteiger partial charge is 0.213 e. The number of hydrogen-bond donors (Lipinski definition) is 0. The first kappa shape index (κ1) is 10.4. The lowest BCUT2D eigenvalue weighted by molar-refractivity contribution is 0.387. The van der Waals surface area contributed by atoms with Crippen LogP contribution in [-0.2, 0) is 0 Å². The Morgan fingerprint density at radius 1 is 1.33 bits per heavy atom. The van der Waals surface area contributed by atoms with Gasteiger partial charge in [-0.05, 0) is 24.3 Å². The normalized spacial score (nSPS) is 17.7. The molecule has 15 heavy (non-hydrogen) atoms. The van der Waals surface area contributed by atoms with Crippen LogP contribution in [0.5, 0.6) is 5.88 Å². The SMILES string of the molecule is COc1cc(C2CCCCC2)c(F)cn1. The van der Waals surface area contributed by atoms with E-state index in [1.165, 1.54) is 25.5 Å². The summed E-state index contributed by atoms with van der Waals surface area (Å²) in [4.78, 5) is 3.86. The standard InChI is InChI=1S/C12H16FNO/c1-15-12-7-10(11(13)8-14-12)9-5-3-2-4-6-9/h7-9H,2-6H2,1H3. The van der Waals surface area contributed by atoms with Crippen LogP contribution >= 0.6 is 0 Å². The lowest BCUT2D eigenvalue weighted by Gasteiger charge is -2.22. The summed E-state index contributed by atoms with van der Waals surface area (Å²) in [6.07, 6.45) is 7.13. The molecule has 0 aromatic carbocycles. The maximum atomic E-state index is 13.6. The zero-order valence-corrected chi connectivity index (χ0v) is 9.00. The largest absolute Gasteiger partial charge is 0.481 e. The van der Waals surface area contributed by atoms with Gasteiger partial charge in [-0.3, -0.25) is 0 Å². The Morgan fingerprint density at radius 3 is 2.73 bits per heavy atom. The highest BCUT2D eigenvalue weighted by molar-refractivity contribution is 5.26. The predicted octanol–water partition coefficient (Wildman–Crippen LogP) is 3.28. The number of hydrogen-bond acceptors (Lipinski definition) is 2. The van der Waals surface area contributed by atoms with Gasteiger partial charge in [0.25, 0.3) is 0 Å².